The van der Waals surface area contributed by atoms with Gasteiger partial charge in [0.2, 0.25) is 5.91 Å². The molecule has 0 radical (unpaired) electrons. The zero-order valence-corrected chi connectivity index (χ0v) is 46.5. The highest BCUT2D eigenvalue weighted by molar-refractivity contribution is 5.80. The van der Waals surface area contributed by atoms with E-state index >= 15 is 0 Å². The van der Waals surface area contributed by atoms with Crippen molar-refractivity contribution in [3.05, 3.63) is 72.9 Å². The standard InChI is InChI=1S/C62H109NO10/c1-4-7-10-13-16-19-22-24-26-27-28-29-30-32-35-38-41-44-47-50-57(67)73-60-59(69)58(68)56(51-64)72-62(60)71-52-53(54(65)48-45-42-39-36-33-21-18-15-12-9-6-3)63-61(70)55(66)49-46-43-40-37-34-31-25-23-20-17-14-11-8-5-2/h7,10,16,19,24,26,28-29,32,35,45,48,53-56,58-60,62,64-66,68-69H,4-6,8-9,11-15,17-18,20-23,25,27,30-31,33-34,36-44,46-47,49-52H2,1-3H3,(H,63,70)/b10-7-,19-16-,26-24-,29-28-,35-32-,48-45+. The summed E-state index contributed by atoms with van der Waals surface area (Å²) in [5.74, 6) is -1.23. The number of hydrogen-bond acceptors (Lipinski definition) is 10. The maximum atomic E-state index is 13.4. The van der Waals surface area contributed by atoms with Crippen molar-refractivity contribution in [3.8, 4) is 0 Å². The van der Waals surface area contributed by atoms with Crippen LogP contribution >= 0.6 is 0 Å². The molecule has 1 aliphatic rings. The first-order valence-corrected chi connectivity index (χ1v) is 29.7. The van der Waals surface area contributed by atoms with Gasteiger partial charge in [0, 0.05) is 6.42 Å². The van der Waals surface area contributed by atoms with Crippen molar-refractivity contribution in [2.45, 2.75) is 294 Å². The molecule has 0 saturated carbocycles. The van der Waals surface area contributed by atoms with Crippen LogP contribution in [-0.2, 0) is 23.8 Å². The third-order valence-electron chi connectivity index (χ3n) is 13.6. The number of aliphatic hydroxyl groups excluding tert-OH is 5. The van der Waals surface area contributed by atoms with Crippen LogP contribution in [-0.4, -0.2) is 99.6 Å². The summed E-state index contributed by atoms with van der Waals surface area (Å²) in [6.45, 7) is 5.64. The van der Waals surface area contributed by atoms with E-state index in [1.165, 1.54) is 109 Å². The van der Waals surface area contributed by atoms with E-state index in [0.29, 0.717) is 12.8 Å². The summed E-state index contributed by atoms with van der Waals surface area (Å²) in [7, 11) is 0. The monoisotopic (exact) mass is 1030 g/mol. The van der Waals surface area contributed by atoms with Crippen molar-refractivity contribution in [1.82, 2.24) is 5.32 Å². The van der Waals surface area contributed by atoms with Crippen LogP contribution in [0.1, 0.15) is 245 Å². The Bertz CT molecular complexity index is 1460. The maximum Gasteiger partial charge on any atom is 0.306 e. The number of rotatable bonds is 49. The lowest BCUT2D eigenvalue weighted by molar-refractivity contribution is -0.305. The average molecular weight is 1030 g/mol. The molecule has 1 saturated heterocycles. The van der Waals surface area contributed by atoms with Crippen LogP contribution in [0.3, 0.4) is 0 Å². The minimum Gasteiger partial charge on any atom is -0.454 e. The second-order valence-electron chi connectivity index (χ2n) is 20.4. The van der Waals surface area contributed by atoms with Crippen LogP contribution in [0.5, 0.6) is 0 Å². The molecule has 0 aromatic heterocycles. The summed E-state index contributed by atoms with van der Waals surface area (Å²) in [5.41, 5.74) is 0. The van der Waals surface area contributed by atoms with Crippen molar-refractivity contribution in [2.75, 3.05) is 13.2 Å². The molecule has 1 rings (SSSR count). The second kappa shape index (κ2) is 49.9. The van der Waals surface area contributed by atoms with Gasteiger partial charge in [0.15, 0.2) is 12.4 Å². The number of carbonyl (C=O) groups is 2. The normalized spacial score (nSPS) is 19.9. The van der Waals surface area contributed by atoms with E-state index in [1.54, 1.807) is 6.08 Å². The number of allylic oxidation sites excluding steroid dienone is 11. The lowest BCUT2D eigenvalue weighted by atomic mass is 9.99. The van der Waals surface area contributed by atoms with Gasteiger partial charge < -0.3 is 45.1 Å². The van der Waals surface area contributed by atoms with Gasteiger partial charge in [-0.3, -0.25) is 9.59 Å². The van der Waals surface area contributed by atoms with Gasteiger partial charge in [0.05, 0.1) is 25.4 Å². The van der Waals surface area contributed by atoms with E-state index in [9.17, 15) is 35.1 Å². The molecule has 0 bridgehead atoms. The molecule has 0 aromatic rings. The van der Waals surface area contributed by atoms with E-state index in [-0.39, 0.29) is 19.4 Å². The van der Waals surface area contributed by atoms with E-state index in [1.807, 2.05) is 6.08 Å². The number of carbonyl (C=O) groups excluding carboxylic acids is 2. The molecule has 73 heavy (non-hydrogen) atoms. The van der Waals surface area contributed by atoms with Gasteiger partial charge in [-0.05, 0) is 70.6 Å². The Hall–Kier alpha value is -2.90. The van der Waals surface area contributed by atoms with Crippen LogP contribution < -0.4 is 5.32 Å². The minimum atomic E-state index is -1.63. The molecule has 8 atom stereocenters. The zero-order chi connectivity index (χ0) is 53.3. The summed E-state index contributed by atoms with van der Waals surface area (Å²) in [6, 6.07) is -1.03. The fourth-order valence-electron chi connectivity index (χ4n) is 8.91. The summed E-state index contributed by atoms with van der Waals surface area (Å²) in [5, 5.41) is 56.8. The maximum absolute atomic E-state index is 13.4. The van der Waals surface area contributed by atoms with Gasteiger partial charge >= 0.3 is 5.97 Å². The van der Waals surface area contributed by atoms with Crippen molar-refractivity contribution in [2.24, 2.45) is 0 Å². The lowest BCUT2D eigenvalue weighted by Crippen LogP contribution is -2.61. The molecule has 8 unspecified atom stereocenters. The summed E-state index contributed by atoms with van der Waals surface area (Å²) >= 11 is 0. The molecule has 11 heteroatoms. The van der Waals surface area contributed by atoms with Crippen molar-refractivity contribution in [1.29, 1.82) is 0 Å². The van der Waals surface area contributed by atoms with Crippen LogP contribution in [0.2, 0.25) is 0 Å². The molecule has 6 N–H and O–H groups in total. The number of ether oxygens (including phenoxy) is 3. The quantitative estimate of drug-likeness (QED) is 0.0195. The van der Waals surface area contributed by atoms with E-state index in [0.717, 1.165) is 89.9 Å². The Labute approximate surface area is 445 Å². The Morgan fingerprint density at radius 2 is 0.986 bits per heavy atom. The van der Waals surface area contributed by atoms with Gasteiger partial charge in [-0.2, -0.15) is 0 Å². The van der Waals surface area contributed by atoms with E-state index in [2.05, 4.69) is 86.8 Å². The minimum absolute atomic E-state index is 0.0828. The average Bonchev–Trinajstić information content (AvgIpc) is 3.39. The Kier molecular flexibility index (Phi) is 46.6. The molecule has 1 aliphatic heterocycles. The Morgan fingerprint density at radius 3 is 1.48 bits per heavy atom. The molecular formula is C62H109NO10. The number of hydrogen-bond donors (Lipinski definition) is 6. The fourth-order valence-corrected chi connectivity index (χ4v) is 8.91. The number of aliphatic hydroxyl groups is 5. The van der Waals surface area contributed by atoms with Gasteiger partial charge in [-0.15, -0.1) is 0 Å². The van der Waals surface area contributed by atoms with E-state index < -0.39 is 67.4 Å². The van der Waals surface area contributed by atoms with E-state index in [4.69, 9.17) is 14.2 Å². The smallest absolute Gasteiger partial charge is 0.306 e. The predicted molar refractivity (Wildman–Crippen MR) is 301 cm³/mol. The second-order valence-corrected chi connectivity index (χ2v) is 20.4. The SMILES string of the molecule is CC/C=C\C/C=C\C/C=C\C/C=C\C/C=C\CCCCCC(=O)OC1C(OCC(NC(=O)C(O)CCCCCCCCCCCCCCCC)C(O)/C=C/CCCCCCCCCCC)OC(CO)C(O)C1O. The Morgan fingerprint density at radius 1 is 0.548 bits per heavy atom. The van der Waals surface area contributed by atoms with Crippen molar-refractivity contribution in [3.63, 3.8) is 0 Å². The first-order chi connectivity index (χ1) is 35.7. The van der Waals surface area contributed by atoms with Crippen molar-refractivity contribution < 1.29 is 49.3 Å². The van der Waals surface area contributed by atoms with Gasteiger partial charge in [0.1, 0.15) is 24.4 Å². The first-order valence-electron chi connectivity index (χ1n) is 29.7. The zero-order valence-electron chi connectivity index (χ0n) is 46.5. The third kappa shape index (κ3) is 38.3. The summed E-state index contributed by atoms with van der Waals surface area (Å²) in [6.07, 6.45) is 52.3. The number of esters is 1. The van der Waals surface area contributed by atoms with Gasteiger partial charge in [-0.25, -0.2) is 0 Å². The molecule has 1 fully saturated rings. The first kappa shape index (κ1) is 68.1. The predicted octanol–water partition coefficient (Wildman–Crippen LogP) is 13.6. The number of amides is 1. The largest absolute Gasteiger partial charge is 0.454 e. The van der Waals surface area contributed by atoms with Crippen LogP contribution in [0.4, 0.5) is 0 Å². The topological polar surface area (TPSA) is 175 Å². The molecular weight excluding hydrogens is 919 g/mol. The lowest BCUT2D eigenvalue weighted by Gasteiger charge is -2.41. The van der Waals surface area contributed by atoms with Crippen LogP contribution in [0, 0.1) is 0 Å². The van der Waals surface area contributed by atoms with Gasteiger partial charge in [0.25, 0.3) is 0 Å². The fraction of sp³-hybridized carbons (Fsp3) is 0.774. The highest BCUT2D eigenvalue weighted by Gasteiger charge is 2.47. The number of nitrogens with one attached hydrogen (secondary N) is 1. The molecule has 0 spiro atoms. The molecule has 422 valence electrons. The van der Waals surface area contributed by atoms with Crippen LogP contribution in [0.15, 0.2) is 72.9 Å². The molecule has 1 amide bonds. The van der Waals surface area contributed by atoms with Gasteiger partial charge in [-0.1, -0.05) is 241 Å². The third-order valence-corrected chi connectivity index (χ3v) is 13.6. The number of unbranched alkanes of at least 4 members (excludes halogenated alkanes) is 25. The Balaban J connectivity index is 2.71. The van der Waals surface area contributed by atoms with Crippen LogP contribution in [0.25, 0.3) is 0 Å². The molecule has 0 aliphatic carbocycles. The summed E-state index contributed by atoms with van der Waals surface area (Å²) < 4.78 is 17.6. The highest BCUT2D eigenvalue weighted by Crippen LogP contribution is 2.26. The summed E-state index contributed by atoms with van der Waals surface area (Å²) in [4.78, 5) is 26.5. The molecule has 11 nitrogen and oxygen atoms in total. The molecule has 1 heterocycles. The molecule has 0 aromatic carbocycles. The highest BCUT2D eigenvalue weighted by atomic mass is 16.7. The van der Waals surface area contributed by atoms with Crippen molar-refractivity contribution >= 4 is 11.9 Å².